The van der Waals surface area contributed by atoms with E-state index in [0.29, 0.717) is 16.9 Å². The van der Waals surface area contributed by atoms with Gasteiger partial charge in [-0.25, -0.2) is 9.37 Å². The summed E-state index contributed by atoms with van der Waals surface area (Å²) < 4.78 is 15.5. The van der Waals surface area contributed by atoms with E-state index in [0.717, 1.165) is 16.9 Å². The van der Waals surface area contributed by atoms with Gasteiger partial charge < -0.3 is 16.0 Å². The molecular weight excluding hydrogens is 267 g/mol. The van der Waals surface area contributed by atoms with Gasteiger partial charge in [0.1, 0.15) is 11.6 Å². The van der Waals surface area contributed by atoms with E-state index in [1.807, 2.05) is 12.1 Å². The smallest absolute Gasteiger partial charge is 0.141 e. The summed E-state index contributed by atoms with van der Waals surface area (Å²) in [4.78, 5) is 4.56. The van der Waals surface area contributed by atoms with Gasteiger partial charge in [-0.05, 0) is 44.2 Å². The number of halogens is 1. The Bertz CT molecular complexity index is 800. The van der Waals surface area contributed by atoms with Gasteiger partial charge in [-0.15, -0.1) is 0 Å². The molecule has 0 unspecified atom stereocenters. The Morgan fingerprint density at radius 2 is 1.71 bits per heavy atom. The van der Waals surface area contributed by atoms with Gasteiger partial charge >= 0.3 is 0 Å². The second kappa shape index (κ2) is 4.77. The maximum atomic E-state index is 13.4. The molecule has 3 aromatic rings. The fraction of sp³-hybridized carbons (Fsp3) is 0.188. The van der Waals surface area contributed by atoms with Crippen molar-refractivity contribution in [1.29, 1.82) is 0 Å². The van der Waals surface area contributed by atoms with E-state index < -0.39 is 0 Å². The zero-order chi connectivity index (χ0) is 15.1. The minimum Gasteiger partial charge on any atom is -0.399 e. The van der Waals surface area contributed by atoms with Gasteiger partial charge in [0.2, 0.25) is 0 Å². The fourth-order valence-electron chi connectivity index (χ4n) is 2.60. The average Bonchev–Trinajstić information content (AvgIpc) is 2.75. The second-order valence-electron chi connectivity index (χ2n) is 5.42. The monoisotopic (exact) mass is 284 g/mol. The van der Waals surface area contributed by atoms with E-state index in [2.05, 4.69) is 23.4 Å². The Balaban J connectivity index is 2.33. The van der Waals surface area contributed by atoms with Crippen LogP contribution in [0, 0.1) is 5.82 Å². The first kappa shape index (κ1) is 13.4. The fourth-order valence-corrected chi connectivity index (χ4v) is 2.60. The molecule has 108 valence electrons. The first-order valence-electron chi connectivity index (χ1n) is 6.79. The highest BCUT2D eigenvalue weighted by molar-refractivity contribution is 5.82. The number of nitrogens with zero attached hydrogens (tertiary/aromatic N) is 2. The Labute approximate surface area is 122 Å². The second-order valence-corrected chi connectivity index (χ2v) is 5.42. The van der Waals surface area contributed by atoms with Crippen LogP contribution < -0.4 is 11.5 Å². The molecule has 1 aromatic heterocycles. The van der Waals surface area contributed by atoms with Crippen molar-refractivity contribution in [2.45, 2.75) is 19.9 Å². The first-order valence-corrected chi connectivity index (χ1v) is 6.79. The van der Waals surface area contributed by atoms with Gasteiger partial charge in [0.25, 0.3) is 0 Å². The number of anilines is 2. The van der Waals surface area contributed by atoms with Crippen molar-refractivity contribution in [2.75, 3.05) is 11.5 Å². The molecular formula is C16H17FN4. The predicted octanol–water partition coefficient (Wildman–Crippen LogP) is 3.59. The summed E-state index contributed by atoms with van der Waals surface area (Å²) in [5.74, 6) is 0.444. The summed E-state index contributed by atoms with van der Waals surface area (Å²) in [6, 6.07) is 10.2. The zero-order valence-electron chi connectivity index (χ0n) is 12.0. The van der Waals surface area contributed by atoms with E-state index >= 15 is 0 Å². The molecule has 21 heavy (non-hydrogen) atoms. The molecule has 0 spiro atoms. The highest BCUT2D eigenvalue weighted by atomic mass is 19.1. The van der Waals surface area contributed by atoms with Crippen LogP contribution in [-0.4, -0.2) is 9.55 Å². The van der Waals surface area contributed by atoms with Crippen LogP contribution in [0.15, 0.2) is 36.4 Å². The molecule has 1 heterocycles. The number of hydrogen-bond acceptors (Lipinski definition) is 3. The molecule has 0 aliphatic rings. The highest BCUT2D eigenvalue weighted by Gasteiger charge is 2.16. The van der Waals surface area contributed by atoms with Crippen LogP contribution in [0.2, 0.25) is 0 Å². The summed E-state index contributed by atoms with van der Waals surface area (Å²) in [5.41, 5.74) is 15.2. The molecule has 0 radical (unpaired) electrons. The van der Waals surface area contributed by atoms with Crippen molar-refractivity contribution in [2.24, 2.45) is 0 Å². The van der Waals surface area contributed by atoms with E-state index in [1.165, 1.54) is 12.1 Å². The number of nitrogens with two attached hydrogens (primary N) is 2. The molecule has 0 saturated carbocycles. The molecule has 0 aliphatic carbocycles. The molecule has 0 bridgehead atoms. The molecule has 3 rings (SSSR count). The minimum atomic E-state index is -0.297. The molecule has 0 aliphatic heterocycles. The van der Waals surface area contributed by atoms with E-state index in [4.69, 9.17) is 11.5 Å². The third-order valence-electron chi connectivity index (χ3n) is 3.40. The van der Waals surface area contributed by atoms with Crippen molar-refractivity contribution < 1.29 is 4.39 Å². The quantitative estimate of drug-likeness (QED) is 0.706. The standard InChI is InChI=1S/C16H17FN4/c1-9(2)21-15-4-3-11(17)7-14(15)20-16(21)10-5-12(18)8-13(19)6-10/h3-9H,18-19H2,1-2H3. The molecule has 0 saturated heterocycles. The molecule has 0 fully saturated rings. The number of fused-ring (bicyclic) bond motifs is 1. The number of rotatable bonds is 2. The number of aromatic nitrogens is 2. The third-order valence-corrected chi connectivity index (χ3v) is 3.40. The molecule has 0 amide bonds. The van der Waals surface area contributed by atoms with Crippen LogP contribution in [0.1, 0.15) is 19.9 Å². The third kappa shape index (κ3) is 2.31. The lowest BCUT2D eigenvalue weighted by Gasteiger charge is -2.13. The topological polar surface area (TPSA) is 69.9 Å². The van der Waals surface area contributed by atoms with Crippen molar-refractivity contribution >= 4 is 22.4 Å². The van der Waals surface area contributed by atoms with Crippen LogP contribution in [0.25, 0.3) is 22.4 Å². The summed E-state index contributed by atoms with van der Waals surface area (Å²) in [7, 11) is 0. The maximum absolute atomic E-state index is 13.4. The molecule has 0 atom stereocenters. The Morgan fingerprint density at radius 1 is 1.05 bits per heavy atom. The largest absolute Gasteiger partial charge is 0.399 e. The van der Waals surface area contributed by atoms with Crippen molar-refractivity contribution in [3.63, 3.8) is 0 Å². The van der Waals surface area contributed by atoms with Crippen molar-refractivity contribution in [1.82, 2.24) is 9.55 Å². The van der Waals surface area contributed by atoms with Crippen LogP contribution >= 0.6 is 0 Å². The van der Waals surface area contributed by atoms with Gasteiger partial charge in [-0.3, -0.25) is 0 Å². The summed E-state index contributed by atoms with van der Waals surface area (Å²) in [6.07, 6.45) is 0. The number of hydrogen-bond donors (Lipinski definition) is 2. The summed E-state index contributed by atoms with van der Waals surface area (Å²) >= 11 is 0. The van der Waals surface area contributed by atoms with E-state index in [1.54, 1.807) is 12.1 Å². The van der Waals surface area contributed by atoms with Crippen LogP contribution in [0.5, 0.6) is 0 Å². The first-order chi connectivity index (χ1) is 9.95. The van der Waals surface area contributed by atoms with Crippen LogP contribution in [-0.2, 0) is 0 Å². The number of imidazole rings is 1. The van der Waals surface area contributed by atoms with Gasteiger partial charge in [0, 0.05) is 29.0 Å². The molecule has 4 nitrogen and oxygen atoms in total. The van der Waals surface area contributed by atoms with Gasteiger partial charge in [-0.1, -0.05) is 0 Å². The lowest BCUT2D eigenvalue weighted by Crippen LogP contribution is -2.03. The van der Waals surface area contributed by atoms with Gasteiger partial charge in [0.05, 0.1) is 11.0 Å². The van der Waals surface area contributed by atoms with Crippen molar-refractivity contribution in [3.05, 3.63) is 42.2 Å². The summed E-state index contributed by atoms with van der Waals surface area (Å²) in [6.45, 7) is 4.12. The maximum Gasteiger partial charge on any atom is 0.141 e. The molecule has 5 heteroatoms. The predicted molar refractivity (Wildman–Crippen MR) is 84.3 cm³/mol. The van der Waals surface area contributed by atoms with Gasteiger partial charge in [0.15, 0.2) is 0 Å². The lowest BCUT2D eigenvalue weighted by molar-refractivity contribution is 0.620. The zero-order valence-corrected chi connectivity index (χ0v) is 12.0. The SMILES string of the molecule is CC(C)n1c(-c2cc(N)cc(N)c2)nc2cc(F)ccc21. The molecule has 2 aromatic carbocycles. The number of benzene rings is 2. The Morgan fingerprint density at radius 3 is 2.33 bits per heavy atom. The Hall–Kier alpha value is -2.56. The average molecular weight is 284 g/mol. The lowest BCUT2D eigenvalue weighted by atomic mass is 10.1. The minimum absolute atomic E-state index is 0.179. The van der Waals surface area contributed by atoms with Crippen LogP contribution in [0.4, 0.5) is 15.8 Å². The van der Waals surface area contributed by atoms with E-state index in [9.17, 15) is 4.39 Å². The van der Waals surface area contributed by atoms with Crippen molar-refractivity contribution in [3.8, 4) is 11.4 Å². The summed E-state index contributed by atoms with van der Waals surface area (Å²) in [5, 5.41) is 0. The Kier molecular flexibility index (Phi) is 3.05. The van der Waals surface area contributed by atoms with Crippen LogP contribution in [0.3, 0.4) is 0 Å². The molecule has 4 N–H and O–H groups in total. The normalized spacial score (nSPS) is 11.4. The highest BCUT2D eigenvalue weighted by Crippen LogP contribution is 2.30. The number of nitrogen functional groups attached to an aromatic ring is 2. The van der Waals surface area contributed by atoms with E-state index in [-0.39, 0.29) is 11.9 Å². The van der Waals surface area contributed by atoms with Gasteiger partial charge in [-0.2, -0.15) is 0 Å².